The van der Waals surface area contributed by atoms with Gasteiger partial charge in [-0.15, -0.1) is 11.6 Å². The lowest BCUT2D eigenvalue weighted by Gasteiger charge is -2.10. The van der Waals surface area contributed by atoms with Crippen molar-refractivity contribution in [2.24, 2.45) is 0 Å². The fraction of sp³-hybridized carbons (Fsp3) is 0.0833. The normalized spacial score (nSPS) is 10.4. The van der Waals surface area contributed by atoms with Gasteiger partial charge < -0.3 is 4.74 Å². The minimum Gasteiger partial charge on any atom is -0.437 e. The number of pyridine rings is 1. The molecule has 94 valence electrons. The molecule has 1 aromatic heterocycles. The lowest BCUT2D eigenvalue weighted by Crippen LogP contribution is -1.94. The first-order chi connectivity index (χ1) is 8.60. The molecule has 0 aliphatic carbocycles. The van der Waals surface area contributed by atoms with Gasteiger partial charge in [0.15, 0.2) is 0 Å². The highest BCUT2D eigenvalue weighted by Gasteiger charge is 2.10. The van der Waals surface area contributed by atoms with Crippen LogP contribution in [0.1, 0.15) is 5.56 Å². The van der Waals surface area contributed by atoms with E-state index in [1.54, 1.807) is 12.3 Å². The SMILES string of the molecule is Fc1ccc(Br)c(Oc2ncc(Br)cc2CCl)c1. The summed E-state index contributed by atoms with van der Waals surface area (Å²) in [6.45, 7) is 0. The van der Waals surface area contributed by atoms with Gasteiger partial charge in [-0.05, 0) is 50.1 Å². The first-order valence-electron chi connectivity index (χ1n) is 4.93. The average Bonchev–Trinajstić information content (AvgIpc) is 2.36. The van der Waals surface area contributed by atoms with Crippen molar-refractivity contribution < 1.29 is 9.13 Å². The van der Waals surface area contributed by atoms with Crippen LogP contribution in [0.4, 0.5) is 4.39 Å². The summed E-state index contributed by atoms with van der Waals surface area (Å²) in [6.07, 6.45) is 1.60. The Labute approximate surface area is 125 Å². The molecule has 0 atom stereocenters. The van der Waals surface area contributed by atoms with Crippen molar-refractivity contribution in [1.29, 1.82) is 0 Å². The molecule has 0 saturated carbocycles. The average molecular weight is 395 g/mol. The number of benzene rings is 1. The van der Waals surface area contributed by atoms with Crippen molar-refractivity contribution in [2.75, 3.05) is 0 Å². The minimum absolute atomic E-state index is 0.259. The Morgan fingerprint density at radius 2 is 2.06 bits per heavy atom. The topological polar surface area (TPSA) is 22.1 Å². The number of nitrogens with zero attached hydrogens (tertiary/aromatic N) is 1. The van der Waals surface area contributed by atoms with E-state index in [9.17, 15) is 4.39 Å². The Hall–Kier alpha value is -0.650. The van der Waals surface area contributed by atoms with Gasteiger partial charge in [0.25, 0.3) is 0 Å². The van der Waals surface area contributed by atoms with Crippen molar-refractivity contribution in [3.8, 4) is 11.6 Å². The van der Waals surface area contributed by atoms with Gasteiger partial charge in [0.2, 0.25) is 5.88 Å². The van der Waals surface area contributed by atoms with E-state index in [-0.39, 0.29) is 11.7 Å². The summed E-state index contributed by atoms with van der Waals surface area (Å²) in [5.41, 5.74) is 0.724. The lowest BCUT2D eigenvalue weighted by atomic mass is 10.3. The van der Waals surface area contributed by atoms with Crippen molar-refractivity contribution in [1.82, 2.24) is 4.98 Å². The van der Waals surface area contributed by atoms with Crippen molar-refractivity contribution in [3.05, 3.63) is 50.8 Å². The maximum absolute atomic E-state index is 13.1. The highest BCUT2D eigenvalue weighted by molar-refractivity contribution is 9.10. The van der Waals surface area contributed by atoms with Gasteiger partial charge in [-0.1, -0.05) is 0 Å². The number of rotatable bonds is 3. The molecule has 0 fully saturated rings. The van der Waals surface area contributed by atoms with E-state index in [4.69, 9.17) is 16.3 Å². The van der Waals surface area contributed by atoms with E-state index in [1.165, 1.54) is 12.1 Å². The second-order valence-corrected chi connectivity index (χ2v) is 5.47. The predicted molar refractivity (Wildman–Crippen MR) is 75.7 cm³/mol. The van der Waals surface area contributed by atoms with Crippen LogP contribution in [-0.2, 0) is 5.88 Å². The number of hydrogen-bond acceptors (Lipinski definition) is 2. The molecule has 6 heteroatoms. The summed E-state index contributed by atoms with van der Waals surface area (Å²) in [5.74, 6) is 0.600. The monoisotopic (exact) mass is 393 g/mol. The molecule has 0 saturated heterocycles. The third-order valence-electron chi connectivity index (χ3n) is 2.14. The summed E-state index contributed by atoms with van der Waals surface area (Å²) in [6, 6.07) is 6.01. The second kappa shape index (κ2) is 5.99. The van der Waals surface area contributed by atoms with Crippen LogP contribution >= 0.6 is 43.5 Å². The van der Waals surface area contributed by atoms with Crippen LogP contribution in [0, 0.1) is 5.82 Å². The third-order valence-corrected chi connectivity index (χ3v) is 3.51. The molecule has 0 aliphatic rings. The van der Waals surface area contributed by atoms with Crippen LogP contribution in [0.5, 0.6) is 11.6 Å². The maximum atomic E-state index is 13.1. The molecule has 0 radical (unpaired) electrons. The second-order valence-electron chi connectivity index (χ2n) is 3.43. The van der Waals surface area contributed by atoms with Gasteiger partial charge in [0.1, 0.15) is 11.6 Å². The summed E-state index contributed by atoms with van der Waals surface area (Å²) < 4.78 is 20.2. The van der Waals surface area contributed by atoms with E-state index >= 15 is 0 Å². The number of ether oxygens (including phenoxy) is 1. The Bertz CT molecular complexity index is 580. The van der Waals surface area contributed by atoms with Crippen LogP contribution in [-0.4, -0.2) is 4.98 Å². The number of halogens is 4. The number of alkyl halides is 1. The molecule has 2 nitrogen and oxygen atoms in total. The number of aromatic nitrogens is 1. The quantitative estimate of drug-likeness (QED) is 0.660. The predicted octanol–water partition coefficient (Wildman–Crippen LogP) is 5.28. The van der Waals surface area contributed by atoms with Gasteiger partial charge in [-0.2, -0.15) is 0 Å². The van der Waals surface area contributed by atoms with Crippen LogP contribution in [0.15, 0.2) is 39.4 Å². The fourth-order valence-electron chi connectivity index (χ4n) is 1.32. The Morgan fingerprint density at radius 1 is 1.28 bits per heavy atom. The van der Waals surface area contributed by atoms with Gasteiger partial charge in [0.05, 0.1) is 10.4 Å². The molecular formula is C12H7Br2ClFNO. The standard InChI is InChI=1S/C12H7Br2ClFNO/c13-8-3-7(5-15)12(17-6-8)18-11-4-9(16)1-2-10(11)14/h1-4,6H,5H2. The summed E-state index contributed by atoms with van der Waals surface area (Å²) in [5, 5.41) is 0. The number of hydrogen-bond donors (Lipinski definition) is 0. The van der Waals surface area contributed by atoms with E-state index < -0.39 is 0 Å². The first kappa shape index (κ1) is 13.8. The van der Waals surface area contributed by atoms with Crippen LogP contribution in [0.25, 0.3) is 0 Å². The van der Waals surface area contributed by atoms with Gasteiger partial charge >= 0.3 is 0 Å². The zero-order valence-corrected chi connectivity index (χ0v) is 12.9. The molecule has 0 unspecified atom stereocenters. The van der Waals surface area contributed by atoms with E-state index in [2.05, 4.69) is 36.8 Å². The molecular weight excluding hydrogens is 388 g/mol. The summed E-state index contributed by atoms with van der Waals surface area (Å²) >= 11 is 12.4. The molecule has 2 aromatic rings. The van der Waals surface area contributed by atoms with Crippen LogP contribution < -0.4 is 4.74 Å². The van der Waals surface area contributed by atoms with E-state index in [1.807, 2.05) is 6.07 Å². The highest BCUT2D eigenvalue weighted by Crippen LogP contribution is 2.32. The molecule has 1 aromatic carbocycles. The zero-order valence-electron chi connectivity index (χ0n) is 8.96. The highest BCUT2D eigenvalue weighted by atomic mass is 79.9. The molecule has 2 rings (SSSR count). The zero-order chi connectivity index (χ0) is 13.1. The van der Waals surface area contributed by atoms with Crippen LogP contribution in [0.3, 0.4) is 0 Å². The molecule has 18 heavy (non-hydrogen) atoms. The summed E-state index contributed by atoms with van der Waals surface area (Å²) in [7, 11) is 0. The van der Waals surface area contributed by atoms with E-state index in [0.29, 0.717) is 16.1 Å². The Kier molecular flexibility index (Phi) is 4.59. The summed E-state index contributed by atoms with van der Waals surface area (Å²) in [4.78, 5) is 4.12. The van der Waals surface area contributed by atoms with Crippen LogP contribution in [0.2, 0.25) is 0 Å². The lowest BCUT2D eigenvalue weighted by molar-refractivity contribution is 0.450. The van der Waals surface area contributed by atoms with E-state index in [0.717, 1.165) is 10.0 Å². The minimum atomic E-state index is -0.377. The molecule has 0 amide bonds. The largest absolute Gasteiger partial charge is 0.437 e. The van der Waals surface area contributed by atoms with Crippen molar-refractivity contribution >= 4 is 43.5 Å². The van der Waals surface area contributed by atoms with Gasteiger partial charge in [-0.3, -0.25) is 0 Å². The van der Waals surface area contributed by atoms with Crippen molar-refractivity contribution in [3.63, 3.8) is 0 Å². The van der Waals surface area contributed by atoms with Crippen molar-refractivity contribution in [2.45, 2.75) is 5.88 Å². The van der Waals surface area contributed by atoms with Gasteiger partial charge in [-0.25, -0.2) is 9.37 Å². The Morgan fingerprint density at radius 3 is 2.78 bits per heavy atom. The first-order valence-corrected chi connectivity index (χ1v) is 7.05. The Balaban J connectivity index is 2.36. The third kappa shape index (κ3) is 3.22. The molecule has 0 spiro atoms. The smallest absolute Gasteiger partial charge is 0.223 e. The molecule has 1 heterocycles. The molecule has 0 aliphatic heterocycles. The molecule has 0 bridgehead atoms. The fourth-order valence-corrected chi connectivity index (χ4v) is 2.21. The maximum Gasteiger partial charge on any atom is 0.223 e. The van der Waals surface area contributed by atoms with Gasteiger partial charge in [0, 0.05) is 22.3 Å². The molecule has 0 N–H and O–H groups in total.